The Morgan fingerprint density at radius 1 is 1.32 bits per heavy atom. The van der Waals surface area contributed by atoms with Crippen LogP contribution in [0.3, 0.4) is 0 Å². The molecule has 2 aromatic rings. The van der Waals surface area contributed by atoms with Crippen molar-refractivity contribution in [1.82, 2.24) is 9.88 Å². The number of nitrogens with zero attached hydrogens (tertiary/aromatic N) is 2. The topological polar surface area (TPSA) is 54.5 Å². The van der Waals surface area contributed by atoms with Crippen LogP contribution < -0.4 is 10.1 Å². The van der Waals surface area contributed by atoms with Gasteiger partial charge in [0.05, 0.1) is 6.61 Å². The molecule has 0 radical (unpaired) electrons. The number of amides is 1. The van der Waals surface area contributed by atoms with Crippen molar-refractivity contribution >= 4 is 22.4 Å². The molecular formula is C22H31N3O2S. The molecule has 3 rings (SSSR count). The predicted octanol–water partition coefficient (Wildman–Crippen LogP) is 4.88. The number of anilines is 1. The highest BCUT2D eigenvalue weighted by Crippen LogP contribution is 2.24. The average molecular weight is 402 g/mol. The zero-order valence-electron chi connectivity index (χ0n) is 16.9. The summed E-state index contributed by atoms with van der Waals surface area (Å²) in [6.45, 7) is 7.05. The molecule has 5 nitrogen and oxygen atoms in total. The van der Waals surface area contributed by atoms with Gasteiger partial charge in [0.15, 0.2) is 5.13 Å². The van der Waals surface area contributed by atoms with Gasteiger partial charge in [0.1, 0.15) is 5.75 Å². The van der Waals surface area contributed by atoms with E-state index in [-0.39, 0.29) is 5.91 Å². The first kappa shape index (κ1) is 20.8. The molecule has 0 bridgehead atoms. The molecule has 1 aliphatic rings. The van der Waals surface area contributed by atoms with Gasteiger partial charge in [0.2, 0.25) is 5.91 Å². The fourth-order valence-corrected chi connectivity index (χ4v) is 4.31. The molecule has 1 aromatic heterocycles. The summed E-state index contributed by atoms with van der Waals surface area (Å²) in [4.78, 5) is 20.2. The van der Waals surface area contributed by atoms with E-state index in [1.165, 1.54) is 29.7 Å². The number of hydrogen-bond donors (Lipinski definition) is 1. The lowest BCUT2D eigenvalue weighted by atomic mass is 10.0. The van der Waals surface area contributed by atoms with Crippen molar-refractivity contribution in [3.05, 3.63) is 40.9 Å². The summed E-state index contributed by atoms with van der Waals surface area (Å²) in [7, 11) is 0. The number of aromatic nitrogens is 1. The minimum atomic E-state index is -0.00262. The molecule has 0 aliphatic carbocycles. The second-order valence-corrected chi connectivity index (χ2v) is 8.56. The summed E-state index contributed by atoms with van der Waals surface area (Å²) in [6, 6.07) is 8.75. The van der Waals surface area contributed by atoms with Gasteiger partial charge in [-0.2, -0.15) is 0 Å². The highest BCUT2D eigenvalue weighted by molar-refractivity contribution is 7.15. The maximum atomic E-state index is 12.1. The molecule has 1 amide bonds. The van der Waals surface area contributed by atoms with E-state index in [4.69, 9.17) is 4.74 Å². The molecule has 0 saturated carbocycles. The van der Waals surface area contributed by atoms with Crippen molar-refractivity contribution in [1.29, 1.82) is 0 Å². The first-order chi connectivity index (χ1) is 13.6. The van der Waals surface area contributed by atoms with E-state index >= 15 is 0 Å². The Bertz CT molecular complexity index is 744. The van der Waals surface area contributed by atoms with Gasteiger partial charge in [-0.15, -0.1) is 11.3 Å². The lowest BCUT2D eigenvalue weighted by molar-refractivity contribution is -0.116. The van der Waals surface area contributed by atoms with Gasteiger partial charge in [-0.1, -0.05) is 25.5 Å². The number of carbonyl (C=O) groups excluding carboxylic acids is 1. The molecule has 1 aromatic carbocycles. The number of aryl methyl sites for hydroxylation is 1. The van der Waals surface area contributed by atoms with Crippen LogP contribution in [0.25, 0.3) is 0 Å². The Balaban J connectivity index is 1.36. The number of hydrogen-bond acceptors (Lipinski definition) is 5. The van der Waals surface area contributed by atoms with Crippen LogP contribution in [0.1, 0.15) is 56.4 Å². The van der Waals surface area contributed by atoms with E-state index in [1.54, 1.807) is 11.3 Å². The monoisotopic (exact) mass is 401 g/mol. The van der Waals surface area contributed by atoms with Gasteiger partial charge in [-0.3, -0.25) is 9.69 Å². The predicted molar refractivity (Wildman–Crippen MR) is 115 cm³/mol. The van der Waals surface area contributed by atoms with Crippen molar-refractivity contribution in [3.63, 3.8) is 0 Å². The normalized spacial score (nSPS) is 17.4. The van der Waals surface area contributed by atoms with Crippen LogP contribution in [0.15, 0.2) is 30.5 Å². The molecule has 1 aliphatic heterocycles. The number of nitrogens with one attached hydrogen (secondary N) is 1. The van der Waals surface area contributed by atoms with Gasteiger partial charge in [-0.25, -0.2) is 4.98 Å². The lowest BCUT2D eigenvalue weighted by Gasteiger charge is -2.32. The molecule has 0 spiro atoms. The van der Waals surface area contributed by atoms with Crippen LogP contribution in [0.4, 0.5) is 5.13 Å². The third-order valence-electron chi connectivity index (χ3n) is 5.25. The molecule has 1 unspecified atom stereocenters. The van der Waals surface area contributed by atoms with E-state index in [9.17, 15) is 4.79 Å². The Hall–Kier alpha value is -1.92. The van der Waals surface area contributed by atoms with Gasteiger partial charge in [0, 0.05) is 30.1 Å². The number of ether oxygens (including phenoxy) is 1. The van der Waals surface area contributed by atoms with Crippen LogP contribution in [0.2, 0.25) is 0 Å². The second kappa shape index (κ2) is 10.6. The molecule has 1 atom stereocenters. The van der Waals surface area contributed by atoms with Crippen LogP contribution in [-0.2, 0) is 17.8 Å². The van der Waals surface area contributed by atoms with Crippen molar-refractivity contribution in [2.75, 3.05) is 18.5 Å². The van der Waals surface area contributed by atoms with Crippen LogP contribution in [-0.4, -0.2) is 35.0 Å². The highest BCUT2D eigenvalue weighted by Gasteiger charge is 2.19. The number of thiazole rings is 1. The van der Waals surface area contributed by atoms with Gasteiger partial charge < -0.3 is 10.1 Å². The first-order valence-electron chi connectivity index (χ1n) is 10.3. The quantitative estimate of drug-likeness (QED) is 0.609. The molecule has 28 heavy (non-hydrogen) atoms. The third-order valence-corrected chi connectivity index (χ3v) is 6.15. The lowest BCUT2D eigenvalue weighted by Crippen LogP contribution is -2.36. The fourth-order valence-electron chi connectivity index (χ4n) is 3.46. The van der Waals surface area contributed by atoms with Gasteiger partial charge >= 0.3 is 0 Å². The van der Waals surface area contributed by atoms with Crippen molar-refractivity contribution < 1.29 is 9.53 Å². The molecule has 6 heteroatoms. The fraction of sp³-hybridized carbons (Fsp3) is 0.545. The molecule has 1 fully saturated rings. The maximum absolute atomic E-state index is 12.1. The largest absolute Gasteiger partial charge is 0.494 e. The molecule has 152 valence electrons. The minimum absolute atomic E-state index is 0.00262. The number of benzene rings is 1. The third kappa shape index (κ3) is 6.31. The maximum Gasteiger partial charge on any atom is 0.226 e. The molecule has 1 N–H and O–H groups in total. The van der Waals surface area contributed by atoms with Crippen molar-refractivity contribution in [2.24, 2.45) is 0 Å². The van der Waals surface area contributed by atoms with E-state index in [0.717, 1.165) is 25.3 Å². The summed E-state index contributed by atoms with van der Waals surface area (Å²) in [5.74, 6) is 0.853. The SMILES string of the molecule is CCc1ccc(OCCCC(=O)Nc2ncc(CN3CCCCC3C)s2)cc1. The first-order valence-corrected chi connectivity index (χ1v) is 11.2. The summed E-state index contributed by atoms with van der Waals surface area (Å²) in [6.07, 6.45) is 7.91. The average Bonchev–Trinajstić information content (AvgIpc) is 3.14. The highest BCUT2D eigenvalue weighted by atomic mass is 32.1. The van der Waals surface area contributed by atoms with Crippen molar-refractivity contribution in [2.45, 2.75) is 65.0 Å². The number of piperidine rings is 1. The van der Waals surface area contributed by atoms with Gasteiger partial charge in [0.25, 0.3) is 0 Å². The van der Waals surface area contributed by atoms with Crippen LogP contribution >= 0.6 is 11.3 Å². The smallest absolute Gasteiger partial charge is 0.226 e. The Labute approximate surface area is 172 Å². The summed E-state index contributed by atoms with van der Waals surface area (Å²) in [5.41, 5.74) is 1.30. The summed E-state index contributed by atoms with van der Waals surface area (Å²) >= 11 is 1.58. The summed E-state index contributed by atoms with van der Waals surface area (Å²) in [5, 5.41) is 3.61. The summed E-state index contributed by atoms with van der Waals surface area (Å²) < 4.78 is 5.71. The molecular weight excluding hydrogens is 370 g/mol. The van der Waals surface area contributed by atoms with Crippen LogP contribution in [0, 0.1) is 0 Å². The number of rotatable bonds is 9. The molecule has 2 heterocycles. The Morgan fingerprint density at radius 2 is 2.14 bits per heavy atom. The van der Waals surface area contributed by atoms with E-state index in [2.05, 4.69) is 41.2 Å². The molecule has 1 saturated heterocycles. The van der Waals surface area contributed by atoms with Crippen molar-refractivity contribution in [3.8, 4) is 5.75 Å². The van der Waals surface area contributed by atoms with Crippen LogP contribution in [0.5, 0.6) is 5.75 Å². The van der Waals surface area contributed by atoms with E-state index in [1.807, 2.05) is 18.3 Å². The number of likely N-dealkylation sites (tertiary alicyclic amines) is 1. The number of carbonyl (C=O) groups is 1. The van der Waals surface area contributed by atoms with E-state index in [0.29, 0.717) is 30.6 Å². The second-order valence-electron chi connectivity index (χ2n) is 7.44. The Morgan fingerprint density at radius 3 is 2.89 bits per heavy atom. The standard InChI is InChI=1S/C22H31N3O2S/c1-3-18-9-11-19(12-10-18)27-14-6-8-21(26)24-22-23-15-20(28-22)16-25-13-5-4-7-17(25)2/h9-12,15,17H,3-8,13-14,16H2,1-2H3,(H,23,24,26). The zero-order chi connectivity index (χ0) is 19.8. The Kier molecular flexibility index (Phi) is 7.86. The van der Waals surface area contributed by atoms with E-state index < -0.39 is 0 Å². The minimum Gasteiger partial charge on any atom is -0.494 e. The zero-order valence-corrected chi connectivity index (χ0v) is 17.8. The van der Waals surface area contributed by atoms with Gasteiger partial charge in [-0.05, 0) is 56.8 Å².